The Bertz CT molecular complexity index is 448. The first kappa shape index (κ1) is 15.9. The maximum Gasteiger partial charge on any atom is 0.150 e. The summed E-state index contributed by atoms with van der Waals surface area (Å²) in [5.41, 5.74) is 0. The lowest BCUT2D eigenvalue weighted by Crippen LogP contribution is -2.43. The highest BCUT2D eigenvalue weighted by molar-refractivity contribution is 7.91. The number of sulfone groups is 1. The zero-order chi connectivity index (χ0) is 14.8. The quantitative estimate of drug-likeness (QED) is 0.813. The van der Waals surface area contributed by atoms with Crippen molar-refractivity contribution in [3.8, 4) is 0 Å². The van der Waals surface area contributed by atoms with Gasteiger partial charge in [-0.25, -0.2) is 8.42 Å². The molecule has 0 spiro atoms. The molecule has 1 aliphatic heterocycles. The average molecular weight is 303 g/mol. The van der Waals surface area contributed by atoms with E-state index in [0.29, 0.717) is 26.1 Å². The van der Waals surface area contributed by atoms with E-state index >= 15 is 0 Å². The maximum absolute atomic E-state index is 12.6. The van der Waals surface area contributed by atoms with Crippen LogP contribution in [0.3, 0.4) is 0 Å². The maximum atomic E-state index is 12.6. The van der Waals surface area contributed by atoms with Crippen molar-refractivity contribution in [2.24, 2.45) is 11.8 Å². The lowest BCUT2D eigenvalue weighted by molar-refractivity contribution is -0.128. The molecule has 2 fully saturated rings. The smallest absolute Gasteiger partial charge is 0.150 e. The van der Waals surface area contributed by atoms with Crippen LogP contribution in [-0.2, 0) is 19.4 Å². The molecule has 0 aromatic carbocycles. The molecule has 116 valence electrons. The van der Waals surface area contributed by atoms with Gasteiger partial charge in [0.15, 0.2) is 0 Å². The minimum absolute atomic E-state index is 0.0890. The Morgan fingerprint density at radius 3 is 2.70 bits per heavy atom. The van der Waals surface area contributed by atoms with E-state index in [9.17, 15) is 13.2 Å². The second-order valence-corrected chi connectivity index (χ2v) is 8.35. The third-order valence-corrected chi connectivity index (χ3v) is 6.19. The van der Waals surface area contributed by atoms with Crippen LogP contribution < -0.4 is 5.32 Å². The predicted molar refractivity (Wildman–Crippen MR) is 77.4 cm³/mol. The van der Waals surface area contributed by atoms with Gasteiger partial charge < -0.3 is 10.1 Å². The number of ketones is 1. The van der Waals surface area contributed by atoms with Gasteiger partial charge in [-0.2, -0.15) is 0 Å². The number of hydrogen-bond donors (Lipinski definition) is 1. The first-order valence-corrected chi connectivity index (χ1v) is 9.42. The van der Waals surface area contributed by atoms with Gasteiger partial charge in [0.05, 0.1) is 24.4 Å². The average Bonchev–Trinajstić information content (AvgIpc) is 2.86. The number of likely N-dealkylation sites (N-methyl/N-ethyl adjacent to an activating group) is 1. The molecule has 1 heterocycles. The summed E-state index contributed by atoms with van der Waals surface area (Å²) in [4.78, 5) is 12.6. The van der Waals surface area contributed by atoms with Crippen molar-refractivity contribution < 1.29 is 17.9 Å². The number of rotatable bonds is 5. The molecular weight excluding hydrogens is 278 g/mol. The third-order valence-electron chi connectivity index (χ3n) is 4.55. The van der Waals surface area contributed by atoms with Gasteiger partial charge in [0.2, 0.25) is 0 Å². The zero-order valence-corrected chi connectivity index (χ0v) is 13.1. The number of carbonyl (C=O) groups is 1. The highest BCUT2D eigenvalue weighted by atomic mass is 32.2. The first-order chi connectivity index (χ1) is 9.43. The van der Waals surface area contributed by atoms with Gasteiger partial charge in [-0.1, -0.05) is 13.3 Å². The molecule has 1 aliphatic carbocycles. The number of hydrogen-bond acceptors (Lipinski definition) is 5. The molecule has 1 saturated carbocycles. The van der Waals surface area contributed by atoms with Gasteiger partial charge in [-0.3, -0.25) is 4.79 Å². The fourth-order valence-electron chi connectivity index (χ4n) is 3.39. The molecular formula is C14H25NO4S. The third kappa shape index (κ3) is 3.59. The minimum atomic E-state index is -3.04. The number of nitrogens with one attached hydrogen (secondary N) is 1. The highest BCUT2D eigenvalue weighted by Crippen LogP contribution is 2.32. The molecule has 4 atom stereocenters. The SMILES string of the molecule is CCNC1COCC1C(=O)C1CCCC(S(C)(=O)=O)C1. The summed E-state index contributed by atoms with van der Waals surface area (Å²) in [6.07, 6.45) is 4.12. The van der Waals surface area contributed by atoms with Crippen molar-refractivity contribution in [2.45, 2.75) is 43.9 Å². The van der Waals surface area contributed by atoms with E-state index in [-0.39, 0.29) is 28.9 Å². The molecule has 4 unspecified atom stereocenters. The van der Waals surface area contributed by atoms with Crippen LogP contribution in [0.15, 0.2) is 0 Å². The Morgan fingerprint density at radius 1 is 1.30 bits per heavy atom. The molecule has 20 heavy (non-hydrogen) atoms. The largest absolute Gasteiger partial charge is 0.379 e. The minimum Gasteiger partial charge on any atom is -0.379 e. The second-order valence-electron chi connectivity index (χ2n) is 6.03. The number of ether oxygens (including phenoxy) is 1. The summed E-state index contributed by atoms with van der Waals surface area (Å²) < 4.78 is 28.8. The fourth-order valence-corrected chi connectivity index (χ4v) is 4.57. The lowest BCUT2D eigenvalue weighted by Gasteiger charge is -2.29. The number of Topliss-reactive ketones (excluding diaryl/α,β-unsaturated/α-hetero) is 1. The summed E-state index contributed by atoms with van der Waals surface area (Å²) in [7, 11) is -3.04. The van der Waals surface area contributed by atoms with Crippen LogP contribution in [0, 0.1) is 11.8 Å². The Hall–Kier alpha value is -0.460. The Labute approximate surface area is 121 Å². The van der Waals surface area contributed by atoms with Crippen molar-refractivity contribution in [3.63, 3.8) is 0 Å². The molecule has 2 aliphatic rings. The molecule has 5 nitrogen and oxygen atoms in total. The van der Waals surface area contributed by atoms with E-state index in [1.165, 1.54) is 6.26 Å². The van der Waals surface area contributed by atoms with E-state index in [0.717, 1.165) is 19.4 Å². The molecule has 1 N–H and O–H groups in total. The van der Waals surface area contributed by atoms with Crippen LogP contribution in [-0.4, -0.2) is 51.5 Å². The fraction of sp³-hybridized carbons (Fsp3) is 0.929. The van der Waals surface area contributed by atoms with Gasteiger partial charge in [0, 0.05) is 18.2 Å². The molecule has 0 aromatic heterocycles. The monoisotopic (exact) mass is 303 g/mol. The van der Waals surface area contributed by atoms with Crippen molar-refractivity contribution in [1.29, 1.82) is 0 Å². The Morgan fingerprint density at radius 2 is 2.05 bits per heavy atom. The van der Waals surface area contributed by atoms with E-state index in [1.807, 2.05) is 6.92 Å². The van der Waals surface area contributed by atoms with Crippen LogP contribution in [0.25, 0.3) is 0 Å². The first-order valence-electron chi connectivity index (χ1n) is 7.47. The Kier molecular flexibility index (Phi) is 5.20. The summed E-state index contributed by atoms with van der Waals surface area (Å²) in [5.74, 6) is -0.0311. The normalized spacial score (nSPS) is 35.1. The van der Waals surface area contributed by atoms with Crippen LogP contribution in [0.5, 0.6) is 0 Å². The summed E-state index contributed by atoms with van der Waals surface area (Å²) in [6.45, 7) is 3.87. The second kappa shape index (κ2) is 6.54. The van der Waals surface area contributed by atoms with Crippen LogP contribution in [0.2, 0.25) is 0 Å². The van der Waals surface area contributed by atoms with E-state index in [1.54, 1.807) is 0 Å². The van der Waals surface area contributed by atoms with Gasteiger partial charge in [-0.05, 0) is 25.8 Å². The van der Waals surface area contributed by atoms with Crippen molar-refractivity contribution in [3.05, 3.63) is 0 Å². The van der Waals surface area contributed by atoms with Gasteiger partial charge in [-0.15, -0.1) is 0 Å². The molecule has 0 aromatic rings. The molecule has 6 heteroatoms. The van der Waals surface area contributed by atoms with Crippen molar-refractivity contribution in [2.75, 3.05) is 26.0 Å². The van der Waals surface area contributed by atoms with Gasteiger partial charge >= 0.3 is 0 Å². The highest BCUT2D eigenvalue weighted by Gasteiger charge is 2.40. The van der Waals surface area contributed by atoms with Crippen LogP contribution in [0.1, 0.15) is 32.6 Å². The number of carbonyl (C=O) groups excluding carboxylic acids is 1. The topological polar surface area (TPSA) is 72.5 Å². The van der Waals surface area contributed by atoms with E-state index in [2.05, 4.69) is 5.32 Å². The van der Waals surface area contributed by atoms with E-state index < -0.39 is 9.84 Å². The standard InChI is InChI=1S/C14H25NO4S/c1-3-15-13-9-19-8-12(13)14(16)10-5-4-6-11(7-10)20(2,17)18/h10-13,15H,3-9H2,1-2H3. The van der Waals surface area contributed by atoms with Crippen LogP contribution >= 0.6 is 0 Å². The molecule has 0 amide bonds. The van der Waals surface area contributed by atoms with Crippen LogP contribution in [0.4, 0.5) is 0 Å². The van der Waals surface area contributed by atoms with Crippen molar-refractivity contribution in [1.82, 2.24) is 5.32 Å². The van der Waals surface area contributed by atoms with Gasteiger partial charge in [0.25, 0.3) is 0 Å². The lowest BCUT2D eigenvalue weighted by atomic mass is 9.80. The summed E-state index contributed by atoms with van der Waals surface area (Å²) >= 11 is 0. The van der Waals surface area contributed by atoms with E-state index in [4.69, 9.17) is 4.74 Å². The Balaban J connectivity index is 2.01. The summed E-state index contributed by atoms with van der Waals surface area (Å²) in [6, 6.07) is 0.0890. The molecule has 1 saturated heterocycles. The molecule has 2 rings (SSSR count). The zero-order valence-electron chi connectivity index (χ0n) is 12.3. The molecule has 0 radical (unpaired) electrons. The predicted octanol–water partition coefficient (Wildman–Crippen LogP) is 0.783. The van der Waals surface area contributed by atoms with Gasteiger partial charge in [0.1, 0.15) is 15.6 Å². The molecule has 0 bridgehead atoms. The summed E-state index contributed by atoms with van der Waals surface area (Å²) in [5, 5.41) is 2.95. The van der Waals surface area contributed by atoms with Crippen molar-refractivity contribution >= 4 is 15.6 Å².